The number of allylic oxidation sites excluding steroid dienone is 1. The maximum Gasteiger partial charge on any atom is 0.266 e. The van der Waals surface area contributed by atoms with E-state index in [4.69, 9.17) is 4.74 Å². The molecule has 1 heterocycles. The van der Waals surface area contributed by atoms with Gasteiger partial charge < -0.3 is 9.84 Å². The van der Waals surface area contributed by atoms with Crippen LogP contribution in [0.1, 0.15) is 38.8 Å². The molecule has 1 fully saturated rings. The van der Waals surface area contributed by atoms with E-state index in [0.717, 1.165) is 10.7 Å². The van der Waals surface area contributed by atoms with Crippen molar-refractivity contribution in [1.29, 1.82) is 0 Å². The summed E-state index contributed by atoms with van der Waals surface area (Å²) in [7, 11) is 1.51. The molecule has 2 rings (SSSR count). The monoisotopic (exact) mass is 374 g/mol. The van der Waals surface area contributed by atoms with Gasteiger partial charge in [0.05, 0.1) is 12.0 Å². The molecule has 6 heteroatoms. The summed E-state index contributed by atoms with van der Waals surface area (Å²) >= 11 is 1.38. The van der Waals surface area contributed by atoms with Crippen LogP contribution in [0.25, 0.3) is 6.08 Å². The van der Waals surface area contributed by atoms with Gasteiger partial charge in [-0.05, 0) is 69.6 Å². The number of hydrogen-bond acceptors (Lipinski definition) is 5. The zero-order valence-electron chi connectivity index (χ0n) is 15.9. The highest BCUT2D eigenvalue weighted by Gasteiger charge is 2.35. The molecule has 0 unspecified atom stereocenters. The highest BCUT2D eigenvalue weighted by Crippen LogP contribution is 2.37. The number of nitrogens with zero attached hydrogens (tertiary/aromatic N) is 2. The lowest BCUT2D eigenvalue weighted by Crippen LogP contribution is -2.35. The molecule has 1 aromatic rings. The molecule has 0 radical (unpaired) electrons. The Morgan fingerprint density at radius 1 is 1.35 bits per heavy atom. The van der Waals surface area contributed by atoms with Crippen LogP contribution in [-0.2, 0) is 11.2 Å². The van der Waals surface area contributed by atoms with E-state index in [1.165, 1.54) is 18.9 Å². The molecule has 26 heavy (non-hydrogen) atoms. The van der Waals surface area contributed by atoms with Crippen molar-refractivity contribution < 1.29 is 14.6 Å². The number of ether oxygens (including phenoxy) is 1. The Kier molecular flexibility index (Phi) is 6.53. The first-order chi connectivity index (χ1) is 12.3. The van der Waals surface area contributed by atoms with Crippen LogP contribution < -0.4 is 4.74 Å². The number of amides is 1. The summed E-state index contributed by atoms with van der Waals surface area (Å²) < 4.78 is 5.26. The first-order valence-electron chi connectivity index (χ1n) is 8.60. The molecule has 1 saturated heterocycles. The summed E-state index contributed by atoms with van der Waals surface area (Å²) in [6.07, 6.45) is 4.05. The predicted octanol–water partition coefficient (Wildman–Crippen LogP) is 4.22. The number of benzene rings is 1. The number of methoxy groups -OCH3 is 1. The Balaban J connectivity index is 2.47. The van der Waals surface area contributed by atoms with Gasteiger partial charge in [-0.1, -0.05) is 6.08 Å². The Bertz CT molecular complexity index is 767. The van der Waals surface area contributed by atoms with Gasteiger partial charge in [0.2, 0.25) is 0 Å². The second kappa shape index (κ2) is 8.45. The van der Waals surface area contributed by atoms with Crippen molar-refractivity contribution >= 4 is 28.9 Å². The fourth-order valence-electron chi connectivity index (χ4n) is 2.64. The molecule has 0 bridgehead atoms. The van der Waals surface area contributed by atoms with E-state index in [2.05, 4.69) is 11.6 Å². The lowest BCUT2D eigenvalue weighted by Gasteiger charge is -2.20. The lowest BCUT2D eigenvalue weighted by molar-refractivity contribution is -0.123. The van der Waals surface area contributed by atoms with E-state index in [9.17, 15) is 9.90 Å². The van der Waals surface area contributed by atoms with Crippen LogP contribution in [0.2, 0.25) is 0 Å². The minimum absolute atomic E-state index is 0.0316. The third kappa shape index (κ3) is 4.30. The van der Waals surface area contributed by atoms with E-state index in [0.29, 0.717) is 22.6 Å². The Morgan fingerprint density at radius 2 is 2.04 bits per heavy atom. The normalized spacial score (nSPS) is 17.8. The van der Waals surface area contributed by atoms with Crippen molar-refractivity contribution in [1.82, 2.24) is 4.90 Å². The molecule has 1 aliphatic rings. The molecule has 0 aliphatic carbocycles. The molecule has 0 aromatic heterocycles. The Hall–Kier alpha value is -2.21. The molecule has 1 aromatic carbocycles. The van der Waals surface area contributed by atoms with Gasteiger partial charge in [-0.25, -0.2) is 0 Å². The van der Waals surface area contributed by atoms with Crippen LogP contribution in [-0.4, -0.2) is 40.3 Å². The molecule has 5 nitrogen and oxygen atoms in total. The van der Waals surface area contributed by atoms with Gasteiger partial charge in [0.25, 0.3) is 5.91 Å². The second-order valence-corrected chi connectivity index (χ2v) is 7.62. The quantitative estimate of drug-likeness (QED) is 0.598. The van der Waals surface area contributed by atoms with E-state index in [1.807, 2.05) is 39.8 Å². The molecule has 0 saturated carbocycles. The van der Waals surface area contributed by atoms with Crippen LogP contribution in [0.3, 0.4) is 0 Å². The van der Waals surface area contributed by atoms with E-state index in [-0.39, 0.29) is 23.7 Å². The maximum atomic E-state index is 12.8. The molecule has 1 N–H and O–H groups in total. The minimum Gasteiger partial charge on any atom is -0.504 e. The van der Waals surface area contributed by atoms with Crippen LogP contribution in [0.5, 0.6) is 11.5 Å². The number of phenolic OH excluding ortho intramolecular Hbond substituents is 1. The Labute approximate surface area is 159 Å². The molecule has 0 atom stereocenters. The molecule has 140 valence electrons. The number of aliphatic imine (C=N–C) groups is 1. The van der Waals surface area contributed by atoms with Gasteiger partial charge >= 0.3 is 0 Å². The maximum absolute atomic E-state index is 12.8. The molecule has 0 spiro atoms. The van der Waals surface area contributed by atoms with Gasteiger partial charge in [-0.2, -0.15) is 0 Å². The summed E-state index contributed by atoms with van der Waals surface area (Å²) in [4.78, 5) is 19.7. The van der Waals surface area contributed by atoms with Gasteiger partial charge in [-0.15, -0.1) is 6.58 Å². The van der Waals surface area contributed by atoms with Crippen molar-refractivity contribution in [3.8, 4) is 11.5 Å². The zero-order chi connectivity index (χ0) is 19.4. The van der Waals surface area contributed by atoms with Crippen molar-refractivity contribution in [2.45, 2.75) is 46.2 Å². The number of hydrogen-bond donors (Lipinski definition) is 1. The highest BCUT2D eigenvalue weighted by atomic mass is 32.2. The largest absolute Gasteiger partial charge is 0.504 e. The summed E-state index contributed by atoms with van der Waals surface area (Å²) in [5.74, 6) is 0.427. The number of carbonyl (C=O) groups excluding carboxylic acids is 1. The molecule has 1 aliphatic heterocycles. The first-order valence-corrected chi connectivity index (χ1v) is 9.41. The third-order valence-corrected chi connectivity index (χ3v) is 4.78. The van der Waals surface area contributed by atoms with Crippen molar-refractivity contribution in [3.63, 3.8) is 0 Å². The minimum atomic E-state index is -0.0540. The first kappa shape index (κ1) is 20.1. The van der Waals surface area contributed by atoms with E-state index >= 15 is 0 Å². The van der Waals surface area contributed by atoms with Crippen molar-refractivity contribution in [3.05, 3.63) is 40.8 Å². The molecule has 1 amide bonds. The standard InChI is InChI=1S/C20H26N2O3S/c1-7-8-15-9-14(10-16(25-6)18(15)23)11-17-19(24)22(13(4)5)20(26-17)21-12(2)3/h7,9-13,23H,1,8H2,2-6H3/b17-11+,21-20?. The van der Waals surface area contributed by atoms with Crippen molar-refractivity contribution in [2.75, 3.05) is 7.11 Å². The summed E-state index contributed by atoms with van der Waals surface area (Å²) in [5, 5.41) is 10.9. The predicted molar refractivity (Wildman–Crippen MR) is 109 cm³/mol. The molecular weight excluding hydrogens is 348 g/mol. The number of carbonyl (C=O) groups is 1. The fourth-order valence-corrected chi connectivity index (χ4v) is 3.88. The smallest absolute Gasteiger partial charge is 0.266 e. The SMILES string of the molecule is C=CCc1cc(/C=C2/SC(=NC(C)C)N(C(C)C)C2=O)cc(OC)c1O. The van der Waals surface area contributed by atoms with Crippen LogP contribution in [0.15, 0.2) is 34.7 Å². The van der Waals surface area contributed by atoms with Gasteiger partial charge in [-0.3, -0.25) is 14.7 Å². The number of phenols is 1. The zero-order valence-corrected chi connectivity index (χ0v) is 16.8. The van der Waals surface area contributed by atoms with Crippen LogP contribution >= 0.6 is 11.8 Å². The Morgan fingerprint density at radius 3 is 2.58 bits per heavy atom. The average Bonchev–Trinajstić information content (AvgIpc) is 2.85. The number of rotatable bonds is 6. The van der Waals surface area contributed by atoms with Gasteiger partial charge in [0.15, 0.2) is 16.7 Å². The summed E-state index contributed by atoms with van der Waals surface area (Å²) in [6.45, 7) is 11.6. The highest BCUT2D eigenvalue weighted by molar-refractivity contribution is 8.18. The summed E-state index contributed by atoms with van der Waals surface area (Å²) in [5.41, 5.74) is 1.50. The lowest BCUT2D eigenvalue weighted by atomic mass is 10.1. The topological polar surface area (TPSA) is 62.1 Å². The number of thioether (sulfide) groups is 1. The number of aromatic hydroxyl groups is 1. The van der Waals surface area contributed by atoms with Crippen molar-refractivity contribution in [2.24, 2.45) is 4.99 Å². The van der Waals surface area contributed by atoms with E-state index in [1.54, 1.807) is 17.0 Å². The fraction of sp³-hybridized carbons (Fsp3) is 0.400. The third-order valence-electron chi connectivity index (χ3n) is 3.78. The van der Waals surface area contributed by atoms with Crippen LogP contribution in [0, 0.1) is 0 Å². The average molecular weight is 375 g/mol. The van der Waals surface area contributed by atoms with Gasteiger partial charge in [0, 0.05) is 17.6 Å². The van der Waals surface area contributed by atoms with Gasteiger partial charge in [0.1, 0.15) is 0 Å². The van der Waals surface area contributed by atoms with E-state index < -0.39 is 0 Å². The summed E-state index contributed by atoms with van der Waals surface area (Å²) in [6, 6.07) is 3.71. The number of amidine groups is 1. The second-order valence-electron chi connectivity index (χ2n) is 6.61. The molecular formula is C20H26N2O3S. The van der Waals surface area contributed by atoms with Crippen LogP contribution in [0.4, 0.5) is 0 Å².